The molecule has 1 heterocycles. The summed E-state index contributed by atoms with van der Waals surface area (Å²) < 4.78 is 0. The van der Waals surface area contributed by atoms with Crippen LogP contribution in [0.3, 0.4) is 0 Å². The zero-order valence-corrected chi connectivity index (χ0v) is 9.46. The normalized spacial score (nSPS) is 29.8. The summed E-state index contributed by atoms with van der Waals surface area (Å²) in [7, 11) is 0. The molecule has 84 valence electrons. The molecule has 0 saturated carbocycles. The highest BCUT2D eigenvalue weighted by molar-refractivity contribution is 8.00. The fraction of sp³-hybridized carbons (Fsp3) is 0.875. The average molecular weight is 229 g/mol. The Kier molecular flexibility index (Phi) is 4.26. The molecule has 1 fully saturated rings. The average Bonchev–Trinajstić information content (AvgIpc) is 2.56. The first-order valence-electron chi connectivity index (χ1n) is 4.81. The van der Waals surface area contributed by atoms with Gasteiger partial charge in [-0.1, -0.05) is 12.0 Å². The second-order valence-electron chi connectivity index (χ2n) is 3.48. The van der Waals surface area contributed by atoms with Crippen molar-refractivity contribution >= 4 is 17.7 Å². The number of nitrogens with one attached hydrogen (secondary N) is 1. The van der Waals surface area contributed by atoms with Crippen molar-refractivity contribution in [3.8, 4) is 0 Å². The summed E-state index contributed by atoms with van der Waals surface area (Å²) in [6.45, 7) is 2.81. The minimum Gasteiger partial charge on any atom is -0.368 e. The molecule has 0 bridgehead atoms. The molecule has 0 radical (unpaired) electrons. The van der Waals surface area contributed by atoms with Gasteiger partial charge in [0.15, 0.2) is 0 Å². The number of azide groups is 1. The van der Waals surface area contributed by atoms with E-state index in [0.717, 1.165) is 12.2 Å². The summed E-state index contributed by atoms with van der Waals surface area (Å²) in [4.78, 5) is 14.1. The highest BCUT2D eigenvalue weighted by atomic mass is 32.2. The van der Waals surface area contributed by atoms with Crippen molar-refractivity contribution in [2.45, 2.75) is 24.1 Å². The quantitative estimate of drug-likeness (QED) is 0.313. The fourth-order valence-corrected chi connectivity index (χ4v) is 3.15. The SMILES string of the molecule is CC1SCCC1(NCCN=[N+]=[N-])C(N)=O. The van der Waals surface area contributed by atoms with E-state index in [1.807, 2.05) is 6.92 Å². The van der Waals surface area contributed by atoms with Gasteiger partial charge in [0.1, 0.15) is 5.54 Å². The Morgan fingerprint density at radius 2 is 2.60 bits per heavy atom. The third-order valence-corrected chi connectivity index (χ3v) is 4.06. The Hall–Kier alpha value is -0.910. The topological polar surface area (TPSA) is 104 Å². The number of primary amides is 1. The summed E-state index contributed by atoms with van der Waals surface area (Å²) in [6.07, 6.45) is 0.741. The van der Waals surface area contributed by atoms with Gasteiger partial charge in [0.25, 0.3) is 0 Å². The number of hydrogen-bond acceptors (Lipinski definition) is 4. The molecule has 0 spiro atoms. The van der Waals surface area contributed by atoms with Gasteiger partial charge in [0, 0.05) is 23.3 Å². The summed E-state index contributed by atoms with van der Waals surface area (Å²) in [6, 6.07) is 0. The molecule has 3 N–H and O–H groups in total. The third kappa shape index (κ3) is 2.56. The number of carbonyl (C=O) groups excluding carboxylic acids is 1. The van der Waals surface area contributed by atoms with Crippen LogP contribution >= 0.6 is 11.8 Å². The molecule has 2 unspecified atom stereocenters. The molecular weight excluding hydrogens is 214 g/mol. The maximum atomic E-state index is 11.4. The van der Waals surface area contributed by atoms with Crippen molar-refractivity contribution in [2.75, 3.05) is 18.8 Å². The first-order chi connectivity index (χ1) is 7.13. The molecule has 0 aromatic carbocycles. The van der Waals surface area contributed by atoms with E-state index < -0.39 is 5.54 Å². The molecule has 1 amide bonds. The van der Waals surface area contributed by atoms with Crippen LogP contribution in [-0.4, -0.2) is 35.5 Å². The van der Waals surface area contributed by atoms with Crippen LogP contribution in [0.5, 0.6) is 0 Å². The Bertz CT molecular complexity index is 291. The van der Waals surface area contributed by atoms with Crippen molar-refractivity contribution in [3.05, 3.63) is 10.4 Å². The second kappa shape index (κ2) is 5.25. The number of hydrogen-bond donors (Lipinski definition) is 2. The molecule has 0 aliphatic carbocycles. The summed E-state index contributed by atoms with van der Waals surface area (Å²) >= 11 is 1.73. The molecule has 7 heteroatoms. The third-order valence-electron chi connectivity index (χ3n) is 2.71. The molecule has 1 aliphatic rings. The molecule has 1 saturated heterocycles. The Labute approximate surface area is 92.6 Å². The monoisotopic (exact) mass is 229 g/mol. The summed E-state index contributed by atoms with van der Waals surface area (Å²) in [5, 5.41) is 6.69. The van der Waals surface area contributed by atoms with Gasteiger partial charge in [0.2, 0.25) is 5.91 Å². The lowest BCUT2D eigenvalue weighted by Gasteiger charge is -2.30. The van der Waals surface area contributed by atoms with Crippen LogP contribution in [0.15, 0.2) is 5.11 Å². The smallest absolute Gasteiger partial charge is 0.238 e. The lowest BCUT2D eigenvalue weighted by molar-refractivity contribution is -0.124. The van der Waals surface area contributed by atoms with Crippen molar-refractivity contribution < 1.29 is 4.79 Å². The Morgan fingerprint density at radius 3 is 3.07 bits per heavy atom. The highest BCUT2D eigenvalue weighted by Gasteiger charge is 2.45. The van der Waals surface area contributed by atoms with Crippen LogP contribution in [0.1, 0.15) is 13.3 Å². The Balaban J connectivity index is 2.58. The standard InChI is InChI=1S/C8H15N5OS/c1-6-8(7(9)14,2-5-15-6)11-3-4-12-13-10/h6,11H,2-5H2,1H3,(H2,9,14). The minimum absolute atomic E-state index is 0.168. The number of thioether (sulfide) groups is 1. The maximum Gasteiger partial charge on any atom is 0.238 e. The first-order valence-corrected chi connectivity index (χ1v) is 5.86. The van der Waals surface area contributed by atoms with E-state index in [9.17, 15) is 4.79 Å². The zero-order chi connectivity index (χ0) is 11.3. The van der Waals surface area contributed by atoms with Gasteiger partial charge < -0.3 is 11.1 Å². The van der Waals surface area contributed by atoms with E-state index in [-0.39, 0.29) is 11.2 Å². The zero-order valence-electron chi connectivity index (χ0n) is 8.64. The molecule has 0 aromatic heterocycles. The van der Waals surface area contributed by atoms with Crippen LogP contribution in [0, 0.1) is 0 Å². The largest absolute Gasteiger partial charge is 0.368 e. The van der Waals surface area contributed by atoms with Crippen molar-refractivity contribution in [1.29, 1.82) is 0 Å². The molecular formula is C8H15N5OS. The summed E-state index contributed by atoms with van der Waals surface area (Å²) in [5.41, 5.74) is 12.9. The number of amides is 1. The van der Waals surface area contributed by atoms with Gasteiger partial charge in [-0.2, -0.15) is 11.8 Å². The lowest BCUT2D eigenvalue weighted by atomic mass is 9.92. The van der Waals surface area contributed by atoms with Crippen LogP contribution in [0.25, 0.3) is 10.4 Å². The fourth-order valence-electron chi connectivity index (χ4n) is 1.76. The first kappa shape index (κ1) is 12.2. The van der Waals surface area contributed by atoms with Gasteiger partial charge in [-0.05, 0) is 17.7 Å². The number of nitrogens with two attached hydrogens (primary N) is 1. The number of nitrogens with zero attached hydrogens (tertiary/aromatic N) is 3. The molecule has 6 nitrogen and oxygen atoms in total. The van der Waals surface area contributed by atoms with E-state index in [2.05, 4.69) is 15.3 Å². The predicted molar refractivity (Wildman–Crippen MR) is 60.5 cm³/mol. The highest BCUT2D eigenvalue weighted by Crippen LogP contribution is 2.35. The predicted octanol–water partition coefficient (Wildman–Crippen LogP) is 0.636. The minimum atomic E-state index is -0.629. The molecule has 1 aliphatic heterocycles. The molecule has 2 atom stereocenters. The van der Waals surface area contributed by atoms with Gasteiger partial charge in [-0.3, -0.25) is 4.79 Å². The van der Waals surface area contributed by atoms with Crippen molar-refractivity contribution in [1.82, 2.24) is 5.32 Å². The lowest BCUT2D eigenvalue weighted by Crippen LogP contribution is -2.59. The molecule has 15 heavy (non-hydrogen) atoms. The second-order valence-corrected chi connectivity index (χ2v) is 4.93. The van der Waals surface area contributed by atoms with E-state index in [1.165, 1.54) is 0 Å². The Morgan fingerprint density at radius 1 is 1.87 bits per heavy atom. The van der Waals surface area contributed by atoms with E-state index in [4.69, 9.17) is 11.3 Å². The van der Waals surface area contributed by atoms with E-state index in [1.54, 1.807) is 11.8 Å². The van der Waals surface area contributed by atoms with Gasteiger partial charge >= 0.3 is 0 Å². The maximum absolute atomic E-state index is 11.4. The van der Waals surface area contributed by atoms with Crippen LogP contribution in [0.4, 0.5) is 0 Å². The number of carbonyl (C=O) groups is 1. The van der Waals surface area contributed by atoms with Crippen LogP contribution < -0.4 is 11.1 Å². The number of rotatable bonds is 5. The van der Waals surface area contributed by atoms with E-state index in [0.29, 0.717) is 13.1 Å². The van der Waals surface area contributed by atoms with Crippen molar-refractivity contribution in [3.63, 3.8) is 0 Å². The summed E-state index contributed by atoms with van der Waals surface area (Å²) in [5.74, 6) is 0.611. The molecule has 0 aromatic rings. The van der Waals surface area contributed by atoms with E-state index >= 15 is 0 Å². The van der Waals surface area contributed by atoms with Gasteiger partial charge in [0.05, 0.1) is 0 Å². The van der Waals surface area contributed by atoms with Gasteiger partial charge in [-0.25, -0.2) is 0 Å². The van der Waals surface area contributed by atoms with Crippen molar-refractivity contribution in [2.24, 2.45) is 10.8 Å². The van der Waals surface area contributed by atoms with Crippen LogP contribution in [-0.2, 0) is 4.79 Å². The van der Waals surface area contributed by atoms with Gasteiger partial charge in [-0.15, -0.1) is 0 Å². The molecule has 1 rings (SSSR count). The van der Waals surface area contributed by atoms with Crippen LogP contribution in [0.2, 0.25) is 0 Å².